The fourth-order valence-corrected chi connectivity index (χ4v) is 4.01. The molecule has 3 aliphatic rings. The Kier molecular flexibility index (Phi) is 2.96. The van der Waals surface area contributed by atoms with Gasteiger partial charge in [0.1, 0.15) is 0 Å². The highest BCUT2D eigenvalue weighted by molar-refractivity contribution is 6.31. The van der Waals surface area contributed by atoms with Gasteiger partial charge in [0.2, 0.25) is 0 Å². The lowest BCUT2D eigenvalue weighted by Crippen LogP contribution is -2.40. The molecule has 1 aromatic rings. The number of hydrogen-bond donors (Lipinski definition) is 2. The quantitative estimate of drug-likeness (QED) is 0.820. The molecule has 0 radical (unpaired) electrons. The van der Waals surface area contributed by atoms with Crippen molar-refractivity contribution in [1.29, 1.82) is 0 Å². The highest BCUT2D eigenvalue weighted by Gasteiger charge is 2.63. The molecule has 0 aromatic carbocycles. The van der Waals surface area contributed by atoms with Crippen molar-refractivity contribution in [2.75, 3.05) is 0 Å². The third-order valence-corrected chi connectivity index (χ3v) is 5.09. The van der Waals surface area contributed by atoms with Crippen LogP contribution in [0.3, 0.4) is 0 Å². The average molecular weight is 346 g/mol. The number of rotatable bonds is 1. The first-order valence-corrected chi connectivity index (χ1v) is 7.36. The van der Waals surface area contributed by atoms with Gasteiger partial charge in [0.25, 0.3) is 0 Å². The van der Waals surface area contributed by atoms with Crippen LogP contribution in [0, 0.1) is 11.8 Å². The second-order valence-corrected chi connectivity index (χ2v) is 6.43. The van der Waals surface area contributed by atoms with Crippen LogP contribution >= 0.6 is 11.6 Å². The predicted molar refractivity (Wildman–Crippen MR) is 73.5 cm³/mol. The fourth-order valence-electron chi connectivity index (χ4n) is 3.80. The van der Waals surface area contributed by atoms with Gasteiger partial charge in [-0.2, -0.15) is 13.2 Å². The number of carbonyl (C=O) groups is 1. The summed E-state index contributed by atoms with van der Waals surface area (Å²) in [4.78, 5) is 15.0. The lowest BCUT2D eigenvalue weighted by molar-refractivity contribution is -0.137. The first kappa shape index (κ1) is 14.8. The van der Waals surface area contributed by atoms with E-state index in [4.69, 9.17) is 16.7 Å². The summed E-state index contributed by atoms with van der Waals surface area (Å²) >= 11 is 5.59. The van der Waals surface area contributed by atoms with Crippen molar-refractivity contribution >= 4 is 17.7 Å². The molecule has 122 valence electrons. The third kappa shape index (κ3) is 2.20. The molecule has 5 nitrogen and oxygen atoms in total. The van der Waals surface area contributed by atoms with E-state index in [1.807, 2.05) is 0 Å². The Hall–Kier alpha value is -1.80. The normalized spacial score (nSPS) is 31.7. The average Bonchev–Trinajstić information content (AvgIpc) is 2.82. The summed E-state index contributed by atoms with van der Waals surface area (Å²) in [5.74, 6) is 0.168. The van der Waals surface area contributed by atoms with Crippen molar-refractivity contribution in [3.63, 3.8) is 0 Å². The molecule has 2 fully saturated rings. The molecule has 0 spiro atoms. The second kappa shape index (κ2) is 4.61. The summed E-state index contributed by atoms with van der Waals surface area (Å²) in [7, 11) is 0. The van der Waals surface area contributed by atoms with Crippen molar-refractivity contribution in [3.8, 4) is 0 Å². The van der Waals surface area contributed by atoms with Gasteiger partial charge in [-0.15, -0.1) is 0 Å². The van der Waals surface area contributed by atoms with Gasteiger partial charge in [0.15, 0.2) is 0 Å². The molecule has 2 saturated carbocycles. The number of fused-ring (bicyclic) bond motifs is 3. The molecule has 2 N–H and O–H groups in total. The molecule has 1 aromatic heterocycles. The van der Waals surface area contributed by atoms with Gasteiger partial charge in [-0.05, 0) is 29.9 Å². The van der Waals surface area contributed by atoms with E-state index in [0.29, 0.717) is 12.1 Å². The highest BCUT2D eigenvalue weighted by Crippen LogP contribution is 2.65. The van der Waals surface area contributed by atoms with Gasteiger partial charge < -0.3 is 5.11 Å². The number of nitrogens with one attached hydrogen (secondary N) is 1. The number of pyridine rings is 1. The second-order valence-electron chi connectivity index (χ2n) is 6.02. The van der Waals surface area contributed by atoms with Crippen LogP contribution in [-0.4, -0.2) is 27.2 Å². The van der Waals surface area contributed by atoms with E-state index < -0.39 is 22.9 Å². The number of nitrogens with zero attached hydrogens (tertiary/aromatic N) is 2. The molecule has 2 unspecified atom stereocenters. The summed E-state index contributed by atoms with van der Waals surface area (Å²) in [5.41, 5.74) is 3.33. The summed E-state index contributed by atoms with van der Waals surface area (Å²) in [5, 5.41) is 9.56. The highest BCUT2D eigenvalue weighted by atomic mass is 35.5. The van der Waals surface area contributed by atoms with E-state index in [1.165, 1.54) is 0 Å². The first-order valence-electron chi connectivity index (χ1n) is 6.99. The fraction of sp³-hybridized carbons (Fsp3) is 0.429. The van der Waals surface area contributed by atoms with Crippen LogP contribution in [0.1, 0.15) is 23.6 Å². The molecule has 1 amide bonds. The lowest BCUT2D eigenvalue weighted by atomic mass is 10.0. The molecule has 2 aliphatic carbocycles. The van der Waals surface area contributed by atoms with Crippen LogP contribution in [0.15, 0.2) is 24.0 Å². The van der Waals surface area contributed by atoms with Crippen LogP contribution in [0.25, 0.3) is 0 Å². The first-order chi connectivity index (χ1) is 10.8. The molecule has 4 rings (SSSR count). The van der Waals surface area contributed by atoms with E-state index in [0.717, 1.165) is 22.8 Å². The van der Waals surface area contributed by atoms with Crippen molar-refractivity contribution in [2.24, 2.45) is 11.8 Å². The minimum atomic E-state index is -4.52. The predicted octanol–water partition coefficient (Wildman–Crippen LogP) is 3.24. The van der Waals surface area contributed by atoms with Crippen LogP contribution in [0.5, 0.6) is 0 Å². The van der Waals surface area contributed by atoms with E-state index in [-0.39, 0.29) is 23.8 Å². The van der Waals surface area contributed by atoms with E-state index in [9.17, 15) is 18.0 Å². The van der Waals surface area contributed by atoms with Gasteiger partial charge >= 0.3 is 12.3 Å². The summed E-state index contributed by atoms with van der Waals surface area (Å²) < 4.78 is 38.9. The zero-order chi connectivity index (χ0) is 16.5. The Morgan fingerprint density at radius 1 is 1.48 bits per heavy atom. The Morgan fingerprint density at radius 2 is 2.22 bits per heavy atom. The number of amides is 1. The molecule has 0 saturated heterocycles. The molecule has 9 heteroatoms. The lowest BCUT2D eigenvalue weighted by Gasteiger charge is -2.16. The maximum absolute atomic E-state index is 13.0. The Labute approximate surface area is 133 Å². The minimum absolute atomic E-state index is 0.0698. The topological polar surface area (TPSA) is 65.5 Å². The molecule has 0 bridgehead atoms. The number of hydrogen-bond acceptors (Lipinski definition) is 3. The van der Waals surface area contributed by atoms with Crippen molar-refractivity contribution in [2.45, 2.75) is 24.6 Å². The standard InChI is InChI=1S/C14H11ClF3N3O2/c15-8-3-19-9(2-7(8)14(16,17)18)10-6-1-5-4-21(13(22)23)20-12(5)11(6)10/h2-4,6,10-12,20H,1H2,(H,22,23)/t6-,10?,11+,12?/m0/s1. The van der Waals surface area contributed by atoms with E-state index in [2.05, 4.69) is 10.4 Å². The van der Waals surface area contributed by atoms with Crippen molar-refractivity contribution in [1.82, 2.24) is 15.4 Å². The van der Waals surface area contributed by atoms with Crippen LogP contribution in [0.4, 0.5) is 18.0 Å². The summed E-state index contributed by atoms with van der Waals surface area (Å²) in [6, 6.07) is 0.867. The monoisotopic (exact) mass is 345 g/mol. The van der Waals surface area contributed by atoms with Gasteiger partial charge in [-0.1, -0.05) is 11.6 Å². The summed E-state index contributed by atoms with van der Waals surface area (Å²) in [6.45, 7) is 0. The maximum atomic E-state index is 13.0. The number of alkyl halides is 3. The van der Waals surface area contributed by atoms with Crippen molar-refractivity contribution < 1.29 is 23.1 Å². The number of hydrazine groups is 1. The number of carboxylic acid groups (broad SMARTS) is 1. The van der Waals surface area contributed by atoms with Gasteiger partial charge in [-0.25, -0.2) is 15.2 Å². The maximum Gasteiger partial charge on any atom is 0.426 e. The molecule has 4 atom stereocenters. The number of halogens is 4. The number of aromatic nitrogens is 1. The van der Waals surface area contributed by atoms with Gasteiger partial charge in [0.05, 0.1) is 16.6 Å². The zero-order valence-corrected chi connectivity index (χ0v) is 12.3. The molecular formula is C14H11ClF3N3O2. The van der Waals surface area contributed by atoms with Gasteiger partial charge in [0, 0.05) is 24.0 Å². The third-order valence-electron chi connectivity index (χ3n) is 4.79. The van der Waals surface area contributed by atoms with E-state index >= 15 is 0 Å². The molecule has 1 aliphatic heterocycles. The Balaban J connectivity index is 1.58. The van der Waals surface area contributed by atoms with Crippen molar-refractivity contribution in [3.05, 3.63) is 40.3 Å². The van der Waals surface area contributed by atoms with Crippen LogP contribution in [-0.2, 0) is 6.18 Å². The molecular weight excluding hydrogens is 335 g/mol. The van der Waals surface area contributed by atoms with Crippen LogP contribution < -0.4 is 5.43 Å². The SMILES string of the molecule is O=C(O)N1C=C2C[C@H]3C(c4cc(C(F)(F)F)c(Cl)cn4)[C@@H]3C2N1. The molecule has 2 heterocycles. The Bertz CT molecular complexity index is 736. The van der Waals surface area contributed by atoms with Gasteiger partial charge in [-0.3, -0.25) is 4.98 Å². The molecule has 23 heavy (non-hydrogen) atoms. The minimum Gasteiger partial charge on any atom is -0.464 e. The Morgan fingerprint density at radius 3 is 2.87 bits per heavy atom. The van der Waals surface area contributed by atoms with Crippen LogP contribution in [0.2, 0.25) is 5.02 Å². The summed E-state index contributed by atoms with van der Waals surface area (Å²) in [6.07, 6.45) is -2.37. The smallest absolute Gasteiger partial charge is 0.426 e. The van der Waals surface area contributed by atoms with E-state index in [1.54, 1.807) is 6.20 Å². The zero-order valence-electron chi connectivity index (χ0n) is 11.5. The largest absolute Gasteiger partial charge is 0.464 e.